The molecule has 0 unspecified atom stereocenters. The molecule has 19 heavy (non-hydrogen) atoms. The summed E-state index contributed by atoms with van der Waals surface area (Å²) in [5.41, 5.74) is 0. The lowest BCUT2D eigenvalue weighted by Gasteiger charge is -2.15. The molecule has 0 aromatic rings. The average molecular weight is 342 g/mol. The van der Waals surface area contributed by atoms with Crippen molar-refractivity contribution in [3.05, 3.63) is 0 Å². The molecule has 0 aliphatic carbocycles. The normalized spacial score (nSPS) is 11.4. The Morgan fingerprint density at radius 2 is 0.474 bits per heavy atom. The molecule has 0 aliphatic rings. The van der Waals surface area contributed by atoms with Crippen molar-refractivity contribution in [1.82, 2.24) is 0 Å². The van der Waals surface area contributed by atoms with E-state index in [1.54, 1.807) is 0 Å². The highest BCUT2D eigenvalue weighted by molar-refractivity contribution is 7.75. The largest absolute Gasteiger partial charge is 2.00 e. The van der Waals surface area contributed by atoms with E-state index in [0.717, 1.165) is 0 Å². The van der Waals surface area contributed by atoms with E-state index in [-0.39, 0.29) is 64.3 Å². The van der Waals surface area contributed by atoms with Crippen LogP contribution in [0.15, 0.2) is 0 Å². The van der Waals surface area contributed by atoms with E-state index >= 15 is 0 Å². The van der Waals surface area contributed by atoms with Crippen LogP contribution in [-0.4, -0.2) is 91.6 Å². The molecule has 0 rings (SSSR count). The SMILES string of the molecule is OC[P+](CO)(CO)CO.OC[P+](CO)(CO)CO.[S-2]. The molecule has 0 saturated heterocycles. The minimum absolute atomic E-state index is 0. The second-order valence-electron chi connectivity index (χ2n) is 3.81. The number of hydrogen-bond donors (Lipinski definition) is 8. The van der Waals surface area contributed by atoms with Crippen molar-refractivity contribution in [3.63, 3.8) is 0 Å². The second kappa shape index (κ2) is 13.9. The monoisotopic (exact) mass is 342 g/mol. The highest BCUT2D eigenvalue weighted by Crippen LogP contribution is 2.55. The van der Waals surface area contributed by atoms with Crippen molar-refractivity contribution in [3.8, 4) is 0 Å². The Kier molecular flexibility index (Phi) is 18.1. The summed E-state index contributed by atoms with van der Waals surface area (Å²) in [6.07, 6.45) is -2.36. The van der Waals surface area contributed by atoms with Gasteiger partial charge in [0.2, 0.25) is 0 Å². The number of aliphatic hydroxyl groups excluding tert-OH is 8. The molecule has 120 valence electrons. The van der Waals surface area contributed by atoms with Crippen molar-refractivity contribution in [1.29, 1.82) is 0 Å². The molecule has 0 heterocycles. The third-order valence-electron chi connectivity index (χ3n) is 2.40. The third-order valence-corrected chi connectivity index (χ3v) is 7.20. The zero-order chi connectivity index (χ0) is 14.7. The van der Waals surface area contributed by atoms with Gasteiger partial charge in [-0.2, -0.15) is 0 Å². The molecule has 0 aromatic carbocycles. The van der Waals surface area contributed by atoms with Gasteiger partial charge in [-0.3, -0.25) is 0 Å². The first kappa shape index (κ1) is 24.9. The highest BCUT2D eigenvalue weighted by atomic mass is 32.1. The van der Waals surface area contributed by atoms with Crippen LogP contribution < -0.4 is 0 Å². The first-order valence-corrected chi connectivity index (χ1v) is 10.1. The molecule has 0 aliphatic heterocycles. The molecule has 8 nitrogen and oxygen atoms in total. The maximum atomic E-state index is 8.55. The fourth-order valence-corrected chi connectivity index (χ4v) is 1.61. The highest BCUT2D eigenvalue weighted by Gasteiger charge is 2.35. The molecular formula is C8H24O8P2S. The van der Waals surface area contributed by atoms with E-state index in [1.165, 1.54) is 0 Å². The quantitative estimate of drug-likeness (QED) is 0.227. The molecule has 8 N–H and O–H groups in total. The molecule has 11 heteroatoms. The van der Waals surface area contributed by atoms with Crippen molar-refractivity contribution in [2.24, 2.45) is 0 Å². The predicted molar refractivity (Wildman–Crippen MR) is 77.9 cm³/mol. The van der Waals surface area contributed by atoms with Crippen LogP contribution in [0.3, 0.4) is 0 Å². The Morgan fingerprint density at radius 3 is 0.474 bits per heavy atom. The number of hydrogen-bond acceptors (Lipinski definition) is 8. The Labute approximate surface area is 120 Å². The third kappa shape index (κ3) is 8.70. The molecule has 0 aromatic heterocycles. The fraction of sp³-hybridized carbons (Fsp3) is 1.00. The van der Waals surface area contributed by atoms with Gasteiger partial charge in [0.1, 0.15) is 14.5 Å². The van der Waals surface area contributed by atoms with Gasteiger partial charge in [-0.05, 0) is 0 Å². The summed E-state index contributed by atoms with van der Waals surface area (Å²) in [4.78, 5) is 0. The van der Waals surface area contributed by atoms with E-state index in [4.69, 9.17) is 40.9 Å². The maximum absolute atomic E-state index is 8.55. The number of aliphatic hydroxyl groups is 8. The van der Waals surface area contributed by atoms with Gasteiger partial charge in [0.15, 0.2) is 50.8 Å². The van der Waals surface area contributed by atoms with Gasteiger partial charge >= 0.3 is 0 Å². The van der Waals surface area contributed by atoms with Gasteiger partial charge in [-0.1, -0.05) is 0 Å². The summed E-state index contributed by atoms with van der Waals surface area (Å²) >= 11 is 0. The van der Waals surface area contributed by atoms with Crippen LogP contribution >= 0.6 is 14.5 Å². The van der Waals surface area contributed by atoms with Crippen LogP contribution in [0.2, 0.25) is 0 Å². The second-order valence-corrected chi connectivity index (χ2v) is 11.4. The summed E-state index contributed by atoms with van der Waals surface area (Å²) in [6.45, 7) is 0. The lowest BCUT2D eigenvalue weighted by atomic mass is 11.6. The zero-order valence-electron chi connectivity index (χ0n) is 10.5. The lowest BCUT2D eigenvalue weighted by molar-refractivity contribution is 0.287. The van der Waals surface area contributed by atoms with Crippen molar-refractivity contribution < 1.29 is 40.9 Å². The summed E-state index contributed by atoms with van der Waals surface area (Å²) < 4.78 is 0. The standard InChI is InChI=1S/2C4H12O4P.S/c2*5-1-9(2-6,3-7)4-8;/h2*5-8H,1-4H2;/q2*+1;-2. The van der Waals surface area contributed by atoms with Gasteiger partial charge in [-0.15, -0.1) is 0 Å². The van der Waals surface area contributed by atoms with E-state index in [0.29, 0.717) is 0 Å². The van der Waals surface area contributed by atoms with Gasteiger partial charge in [-0.25, -0.2) is 0 Å². The molecule has 0 fully saturated rings. The maximum Gasteiger partial charge on any atom is 0.161 e. The van der Waals surface area contributed by atoms with E-state index in [1.807, 2.05) is 0 Å². The molecule has 0 amide bonds. The summed E-state index contributed by atoms with van der Waals surface area (Å²) in [5.74, 6) is 0. The molecule has 0 spiro atoms. The fourth-order valence-electron chi connectivity index (χ4n) is 0.537. The van der Waals surface area contributed by atoms with Gasteiger partial charge in [0, 0.05) is 0 Å². The smallest absolute Gasteiger partial charge is 0.161 e. The van der Waals surface area contributed by atoms with E-state index in [9.17, 15) is 0 Å². The van der Waals surface area contributed by atoms with E-state index < -0.39 is 14.5 Å². The summed E-state index contributed by atoms with van der Waals surface area (Å²) in [7, 11) is -4.40. The van der Waals surface area contributed by atoms with Crippen LogP contribution in [0.5, 0.6) is 0 Å². The topological polar surface area (TPSA) is 162 Å². The summed E-state index contributed by atoms with van der Waals surface area (Å²) in [6, 6.07) is 0. The Morgan fingerprint density at radius 1 is 0.368 bits per heavy atom. The molecule has 0 atom stereocenters. The van der Waals surface area contributed by atoms with Crippen molar-refractivity contribution in [2.75, 3.05) is 50.8 Å². The first-order valence-electron chi connectivity index (χ1n) is 5.06. The van der Waals surface area contributed by atoms with Gasteiger partial charge in [0.05, 0.1) is 0 Å². The predicted octanol–water partition coefficient (Wildman–Crippen LogP) is -2.40. The molecule has 0 radical (unpaired) electrons. The van der Waals surface area contributed by atoms with E-state index in [2.05, 4.69) is 0 Å². The van der Waals surface area contributed by atoms with Crippen molar-refractivity contribution in [2.45, 2.75) is 0 Å². The van der Waals surface area contributed by atoms with Crippen LogP contribution in [0, 0.1) is 0 Å². The van der Waals surface area contributed by atoms with Crippen molar-refractivity contribution >= 4 is 28.0 Å². The van der Waals surface area contributed by atoms with Gasteiger partial charge < -0.3 is 54.3 Å². The lowest BCUT2D eigenvalue weighted by Crippen LogP contribution is -2.10. The van der Waals surface area contributed by atoms with Crippen LogP contribution in [0.1, 0.15) is 0 Å². The van der Waals surface area contributed by atoms with Crippen LogP contribution in [0.25, 0.3) is 0 Å². The zero-order valence-corrected chi connectivity index (χ0v) is 13.1. The molecule has 0 saturated carbocycles. The minimum Gasteiger partial charge on any atom is -2.00 e. The average Bonchev–Trinajstić information content (AvgIpc) is 2.46. The Bertz CT molecular complexity index is 137. The summed E-state index contributed by atoms with van der Waals surface area (Å²) in [5, 5.41) is 68.4. The Hall–Kier alpha value is 0.890. The van der Waals surface area contributed by atoms with Gasteiger partial charge in [0.25, 0.3) is 0 Å². The van der Waals surface area contributed by atoms with Crippen LogP contribution in [-0.2, 0) is 13.5 Å². The Balaban J connectivity index is -0.000000256. The molecular weight excluding hydrogens is 318 g/mol. The molecule has 0 bridgehead atoms. The first-order chi connectivity index (χ1) is 8.49. The van der Waals surface area contributed by atoms with Crippen LogP contribution in [0.4, 0.5) is 0 Å². The minimum atomic E-state index is -2.20. The number of rotatable bonds is 8.